The number of aliphatic hydroxyl groups is 1. The number of hydrogen-bond acceptors (Lipinski definition) is 3. The largest absolute Gasteiger partial charge is 0.387 e. The van der Waals surface area contributed by atoms with Crippen molar-refractivity contribution in [1.29, 1.82) is 0 Å². The van der Waals surface area contributed by atoms with Crippen molar-refractivity contribution in [2.24, 2.45) is 46.7 Å². The highest BCUT2D eigenvalue weighted by Gasteiger charge is 2.58. The van der Waals surface area contributed by atoms with Crippen LogP contribution >= 0.6 is 0 Å². The molecular weight excluding hydrogens is 322 g/mol. The Hall–Kier alpha value is -0.120. The number of fused-ring (bicyclic) bond motifs is 5. The van der Waals surface area contributed by atoms with Crippen molar-refractivity contribution in [2.75, 3.05) is 13.2 Å². The minimum Gasteiger partial charge on any atom is -0.387 e. The van der Waals surface area contributed by atoms with Gasteiger partial charge in [0.1, 0.15) is 0 Å². The van der Waals surface area contributed by atoms with Gasteiger partial charge in [0.25, 0.3) is 0 Å². The van der Waals surface area contributed by atoms with Crippen LogP contribution < -0.4 is 5.73 Å². The lowest BCUT2D eigenvalue weighted by Gasteiger charge is -2.57. The lowest BCUT2D eigenvalue weighted by atomic mass is 9.48. The average Bonchev–Trinajstić information content (AvgIpc) is 2.97. The first-order valence-electron chi connectivity index (χ1n) is 11.4. The van der Waals surface area contributed by atoms with Crippen LogP contribution in [0.3, 0.4) is 0 Å². The number of nitrogens with two attached hydrogens (primary N) is 1. The maximum atomic E-state index is 11.0. The first-order chi connectivity index (χ1) is 12.4. The fourth-order valence-corrected chi connectivity index (χ4v) is 8.29. The quantitative estimate of drug-likeness (QED) is 0.780. The van der Waals surface area contributed by atoms with Gasteiger partial charge < -0.3 is 15.6 Å². The molecule has 0 aromatic rings. The molecule has 0 heterocycles. The molecule has 3 N–H and O–H groups in total. The molecular formula is C23H41NO2. The van der Waals surface area contributed by atoms with Gasteiger partial charge in [0.15, 0.2) is 0 Å². The van der Waals surface area contributed by atoms with Crippen LogP contribution in [0.4, 0.5) is 0 Å². The molecule has 4 aliphatic rings. The molecule has 3 heteroatoms. The van der Waals surface area contributed by atoms with Crippen molar-refractivity contribution >= 4 is 0 Å². The van der Waals surface area contributed by atoms with Gasteiger partial charge in [-0.25, -0.2) is 0 Å². The highest BCUT2D eigenvalue weighted by Crippen LogP contribution is 2.64. The van der Waals surface area contributed by atoms with Gasteiger partial charge in [-0.3, -0.25) is 0 Å². The SMILES string of the molecule is CCOC[C@@]1(O)CC[C@H]2[C@H](CC[C@@H]3[C@@H]2CC[C@]2(C)[C@@H](C(C)N)CC[C@@H]32)C1. The monoisotopic (exact) mass is 363 g/mol. The van der Waals surface area contributed by atoms with Crippen LogP contribution in [0.5, 0.6) is 0 Å². The number of ether oxygens (including phenoxy) is 1. The third kappa shape index (κ3) is 3.06. The third-order valence-corrected chi connectivity index (χ3v) is 9.39. The smallest absolute Gasteiger partial charge is 0.0883 e. The van der Waals surface area contributed by atoms with E-state index in [-0.39, 0.29) is 0 Å². The van der Waals surface area contributed by atoms with E-state index in [9.17, 15) is 5.11 Å². The molecule has 0 spiro atoms. The molecule has 0 bridgehead atoms. The summed E-state index contributed by atoms with van der Waals surface area (Å²) >= 11 is 0. The lowest BCUT2D eigenvalue weighted by Crippen LogP contribution is -2.52. The minimum atomic E-state index is -0.555. The Labute approximate surface area is 160 Å². The van der Waals surface area contributed by atoms with E-state index in [2.05, 4.69) is 13.8 Å². The van der Waals surface area contributed by atoms with Crippen LogP contribution in [0.2, 0.25) is 0 Å². The summed E-state index contributed by atoms with van der Waals surface area (Å²) in [5, 5.41) is 11.0. The van der Waals surface area contributed by atoms with Crippen molar-refractivity contribution in [3.63, 3.8) is 0 Å². The van der Waals surface area contributed by atoms with Gasteiger partial charge in [0.05, 0.1) is 12.2 Å². The van der Waals surface area contributed by atoms with Crippen molar-refractivity contribution in [3.8, 4) is 0 Å². The minimum absolute atomic E-state index is 0.348. The molecule has 1 unspecified atom stereocenters. The highest BCUT2D eigenvalue weighted by molar-refractivity contribution is 5.08. The zero-order valence-electron chi connectivity index (χ0n) is 17.3. The topological polar surface area (TPSA) is 55.5 Å². The number of hydrogen-bond donors (Lipinski definition) is 2. The van der Waals surface area contributed by atoms with Gasteiger partial charge in [-0.15, -0.1) is 0 Å². The molecule has 150 valence electrons. The summed E-state index contributed by atoms with van der Waals surface area (Å²) in [6, 6.07) is 0.348. The summed E-state index contributed by atoms with van der Waals surface area (Å²) in [7, 11) is 0. The molecule has 0 saturated heterocycles. The van der Waals surface area contributed by atoms with E-state index in [1.165, 1.54) is 44.9 Å². The van der Waals surface area contributed by atoms with Crippen molar-refractivity contribution in [3.05, 3.63) is 0 Å². The molecule has 4 fully saturated rings. The first kappa shape index (κ1) is 19.2. The van der Waals surface area contributed by atoms with E-state index in [0.717, 1.165) is 48.3 Å². The van der Waals surface area contributed by atoms with Gasteiger partial charge >= 0.3 is 0 Å². The Morgan fingerprint density at radius 1 is 1.04 bits per heavy atom. The Balaban J connectivity index is 1.47. The molecule has 3 nitrogen and oxygen atoms in total. The molecule has 4 rings (SSSR count). The van der Waals surface area contributed by atoms with Crippen LogP contribution in [0.1, 0.15) is 78.6 Å². The van der Waals surface area contributed by atoms with Gasteiger partial charge in [-0.2, -0.15) is 0 Å². The predicted molar refractivity (Wildman–Crippen MR) is 106 cm³/mol. The van der Waals surface area contributed by atoms with E-state index < -0.39 is 5.60 Å². The molecule has 4 saturated carbocycles. The van der Waals surface area contributed by atoms with Crippen molar-refractivity contribution in [1.82, 2.24) is 0 Å². The van der Waals surface area contributed by atoms with E-state index in [0.29, 0.717) is 24.7 Å². The second-order valence-electron chi connectivity index (χ2n) is 10.6. The van der Waals surface area contributed by atoms with Crippen LogP contribution in [0, 0.1) is 40.9 Å². The standard InChI is InChI=1S/C23H41NO2/c1-4-26-14-23(25)12-10-17-16(13-23)5-6-19-18(17)9-11-22(3)20(15(2)24)7-8-21(19)22/h15-21,25H,4-14,24H2,1-3H3/t15?,16-,17+,18-,19-,20-,21+,22-,23-/m1/s1. The molecule has 0 radical (unpaired) electrons. The maximum absolute atomic E-state index is 11.0. The molecule has 9 atom stereocenters. The highest BCUT2D eigenvalue weighted by atomic mass is 16.5. The first-order valence-corrected chi connectivity index (χ1v) is 11.4. The zero-order chi connectivity index (χ0) is 18.5. The second-order valence-corrected chi connectivity index (χ2v) is 10.6. The second kappa shape index (κ2) is 7.04. The lowest BCUT2D eigenvalue weighted by molar-refractivity contribution is -0.128. The molecule has 0 aromatic carbocycles. The maximum Gasteiger partial charge on any atom is 0.0883 e. The summed E-state index contributed by atoms with van der Waals surface area (Å²) in [4.78, 5) is 0. The summed E-state index contributed by atoms with van der Waals surface area (Å²) in [6.07, 6.45) is 11.4. The van der Waals surface area contributed by atoms with E-state index >= 15 is 0 Å². The molecule has 4 aliphatic carbocycles. The normalized spacial score (nSPS) is 52.0. The van der Waals surface area contributed by atoms with Crippen molar-refractivity contribution in [2.45, 2.75) is 90.2 Å². The average molecular weight is 364 g/mol. The summed E-state index contributed by atoms with van der Waals surface area (Å²) in [5.74, 6) is 5.06. The van der Waals surface area contributed by atoms with Crippen LogP contribution in [-0.4, -0.2) is 30.0 Å². The molecule has 0 aromatic heterocycles. The van der Waals surface area contributed by atoms with Gasteiger partial charge in [-0.05, 0) is 113 Å². The molecule has 0 amide bonds. The van der Waals surface area contributed by atoms with Gasteiger partial charge in [0, 0.05) is 12.6 Å². The Morgan fingerprint density at radius 2 is 1.81 bits per heavy atom. The number of rotatable bonds is 4. The summed E-state index contributed by atoms with van der Waals surface area (Å²) < 4.78 is 5.60. The Morgan fingerprint density at radius 3 is 2.54 bits per heavy atom. The Bertz CT molecular complexity index is 508. The van der Waals surface area contributed by atoms with E-state index in [4.69, 9.17) is 10.5 Å². The van der Waals surface area contributed by atoms with Crippen LogP contribution in [0.15, 0.2) is 0 Å². The zero-order valence-corrected chi connectivity index (χ0v) is 17.3. The predicted octanol–water partition coefficient (Wildman–Crippen LogP) is 4.37. The summed E-state index contributed by atoms with van der Waals surface area (Å²) in [6.45, 7) is 8.08. The Kier molecular flexibility index (Phi) is 5.20. The van der Waals surface area contributed by atoms with Gasteiger partial charge in [0.2, 0.25) is 0 Å². The molecule has 0 aliphatic heterocycles. The third-order valence-electron chi connectivity index (χ3n) is 9.39. The summed E-state index contributed by atoms with van der Waals surface area (Å²) in [5.41, 5.74) is 6.33. The fraction of sp³-hybridized carbons (Fsp3) is 1.00. The van der Waals surface area contributed by atoms with E-state index in [1.807, 2.05) is 6.92 Å². The molecule has 26 heavy (non-hydrogen) atoms. The van der Waals surface area contributed by atoms with E-state index in [1.54, 1.807) is 0 Å². The van der Waals surface area contributed by atoms with Crippen LogP contribution in [-0.2, 0) is 4.74 Å². The van der Waals surface area contributed by atoms with Crippen LogP contribution in [0.25, 0.3) is 0 Å². The fourth-order valence-electron chi connectivity index (χ4n) is 8.29. The van der Waals surface area contributed by atoms with Gasteiger partial charge in [-0.1, -0.05) is 6.92 Å². The van der Waals surface area contributed by atoms with Crippen molar-refractivity contribution < 1.29 is 9.84 Å².